The largest absolute Gasteiger partial charge is 0.376 e. The molecule has 3 heterocycles. The van der Waals surface area contributed by atoms with Gasteiger partial charge >= 0.3 is 0 Å². The normalized spacial score (nSPS) is 17.5. The molecule has 1 atom stereocenters. The number of aryl methyl sites for hydroxylation is 1. The number of para-hydroxylation sites is 1. The molecule has 0 radical (unpaired) electrons. The predicted molar refractivity (Wildman–Crippen MR) is 93.9 cm³/mol. The molecular formula is C17H18ClN5O. The van der Waals surface area contributed by atoms with Gasteiger partial charge in [0, 0.05) is 13.2 Å². The molecule has 0 saturated carbocycles. The van der Waals surface area contributed by atoms with E-state index in [0.717, 1.165) is 48.5 Å². The number of nitrogens with one attached hydrogen (secondary N) is 1. The van der Waals surface area contributed by atoms with Crippen molar-refractivity contribution in [3.63, 3.8) is 0 Å². The van der Waals surface area contributed by atoms with Crippen LogP contribution in [0, 0.1) is 6.92 Å². The highest BCUT2D eigenvalue weighted by molar-refractivity contribution is 6.32. The maximum absolute atomic E-state index is 6.31. The van der Waals surface area contributed by atoms with Gasteiger partial charge in [0.25, 0.3) is 0 Å². The number of aromatic nitrogens is 4. The van der Waals surface area contributed by atoms with E-state index in [1.807, 2.05) is 31.2 Å². The monoisotopic (exact) mass is 343 g/mol. The van der Waals surface area contributed by atoms with Crippen molar-refractivity contribution in [2.24, 2.45) is 0 Å². The number of hydrogen-bond donors (Lipinski definition) is 1. The second kappa shape index (κ2) is 6.37. The zero-order valence-electron chi connectivity index (χ0n) is 13.4. The second-order valence-electron chi connectivity index (χ2n) is 5.88. The first kappa shape index (κ1) is 15.4. The highest BCUT2D eigenvalue weighted by Gasteiger charge is 2.18. The smallest absolute Gasteiger partial charge is 0.168 e. The third-order valence-corrected chi connectivity index (χ3v) is 4.46. The molecule has 3 aromatic rings. The van der Waals surface area contributed by atoms with Gasteiger partial charge in [0.05, 0.1) is 28.4 Å². The van der Waals surface area contributed by atoms with Crippen molar-refractivity contribution >= 4 is 28.5 Å². The number of benzene rings is 1. The van der Waals surface area contributed by atoms with Crippen molar-refractivity contribution in [1.29, 1.82) is 0 Å². The molecule has 2 aromatic heterocycles. The first-order chi connectivity index (χ1) is 11.7. The summed E-state index contributed by atoms with van der Waals surface area (Å²) in [7, 11) is 0. The Balaban J connectivity index is 1.72. The molecule has 0 bridgehead atoms. The summed E-state index contributed by atoms with van der Waals surface area (Å²) in [5.41, 5.74) is 1.54. The third-order valence-electron chi connectivity index (χ3n) is 4.14. The Morgan fingerprint density at radius 1 is 1.33 bits per heavy atom. The first-order valence-electron chi connectivity index (χ1n) is 8.05. The minimum Gasteiger partial charge on any atom is -0.376 e. The standard InChI is InChI=1S/C17H18ClN5O/c1-11-21-16(19-9-12-5-4-8-24-12)13-10-20-23(17(13)22-11)15-7-3-2-6-14(15)18/h2-3,6-7,10,12H,4-5,8-9H2,1H3,(H,19,21,22). The van der Waals surface area contributed by atoms with E-state index >= 15 is 0 Å². The lowest BCUT2D eigenvalue weighted by molar-refractivity contribution is 0.120. The maximum Gasteiger partial charge on any atom is 0.168 e. The fraction of sp³-hybridized carbons (Fsp3) is 0.353. The predicted octanol–water partition coefficient (Wildman–Crippen LogP) is 3.37. The molecule has 7 heteroatoms. The van der Waals surface area contributed by atoms with Gasteiger partial charge in [0.2, 0.25) is 0 Å². The van der Waals surface area contributed by atoms with Gasteiger partial charge in [-0.15, -0.1) is 0 Å². The topological polar surface area (TPSA) is 64.9 Å². The van der Waals surface area contributed by atoms with Crippen LogP contribution in [0.4, 0.5) is 5.82 Å². The highest BCUT2D eigenvalue weighted by atomic mass is 35.5. The van der Waals surface area contributed by atoms with Gasteiger partial charge in [0.1, 0.15) is 11.6 Å². The number of nitrogens with zero attached hydrogens (tertiary/aromatic N) is 4. The van der Waals surface area contributed by atoms with Crippen LogP contribution in [0.5, 0.6) is 0 Å². The molecule has 0 aliphatic carbocycles. The Morgan fingerprint density at radius 2 is 2.21 bits per heavy atom. The zero-order chi connectivity index (χ0) is 16.5. The Hall–Kier alpha value is -2.18. The minimum absolute atomic E-state index is 0.244. The summed E-state index contributed by atoms with van der Waals surface area (Å²) >= 11 is 6.31. The van der Waals surface area contributed by atoms with Crippen molar-refractivity contribution in [3.05, 3.63) is 41.3 Å². The van der Waals surface area contributed by atoms with Gasteiger partial charge in [-0.3, -0.25) is 0 Å². The van der Waals surface area contributed by atoms with Crippen molar-refractivity contribution in [3.8, 4) is 5.69 Å². The van der Waals surface area contributed by atoms with Crippen LogP contribution in [0.15, 0.2) is 30.5 Å². The molecule has 1 unspecified atom stereocenters. The number of anilines is 1. The van der Waals surface area contributed by atoms with E-state index in [2.05, 4.69) is 20.4 Å². The van der Waals surface area contributed by atoms with Crippen molar-refractivity contribution in [2.75, 3.05) is 18.5 Å². The number of rotatable bonds is 4. The van der Waals surface area contributed by atoms with E-state index in [4.69, 9.17) is 16.3 Å². The molecule has 1 aliphatic heterocycles. The Labute approximate surface area is 144 Å². The van der Waals surface area contributed by atoms with Gasteiger partial charge in [0.15, 0.2) is 5.65 Å². The molecule has 1 fully saturated rings. The van der Waals surface area contributed by atoms with E-state index in [0.29, 0.717) is 10.8 Å². The third kappa shape index (κ3) is 2.83. The lowest BCUT2D eigenvalue weighted by atomic mass is 10.2. The minimum atomic E-state index is 0.244. The van der Waals surface area contributed by atoms with Crippen molar-refractivity contribution in [1.82, 2.24) is 19.7 Å². The summed E-state index contributed by atoms with van der Waals surface area (Å²) in [6.45, 7) is 3.46. The Kier molecular flexibility index (Phi) is 4.08. The lowest BCUT2D eigenvalue weighted by Crippen LogP contribution is -2.19. The summed E-state index contributed by atoms with van der Waals surface area (Å²) in [6, 6.07) is 7.59. The quantitative estimate of drug-likeness (QED) is 0.786. The average Bonchev–Trinajstić information content (AvgIpc) is 3.22. The average molecular weight is 344 g/mol. The molecule has 4 rings (SSSR count). The summed E-state index contributed by atoms with van der Waals surface area (Å²) in [5, 5.41) is 9.36. The highest BCUT2D eigenvalue weighted by Crippen LogP contribution is 2.26. The van der Waals surface area contributed by atoms with E-state index in [1.165, 1.54) is 0 Å². The lowest BCUT2D eigenvalue weighted by Gasteiger charge is -2.12. The first-order valence-corrected chi connectivity index (χ1v) is 8.43. The van der Waals surface area contributed by atoms with E-state index in [-0.39, 0.29) is 6.10 Å². The van der Waals surface area contributed by atoms with E-state index in [1.54, 1.807) is 10.9 Å². The molecule has 0 amide bonds. The van der Waals surface area contributed by atoms with Crippen LogP contribution in [0.25, 0.3) is 16.7 Å². The Morgan fingerprint density at radius 3 is 3.00 bits per heavy atom. The van der Waals surface area contributed by atoms with Crippen LogP contribution in [0.3, 0.4) is 0 Å². The maximum atomic E-state index is 6.31. The zero-order valence-corrected chi connectivity index (χ0v) is 14.1. The molecule has 0 spiro atoms. The molecule has 124 valence electrons. The number of hydrogen-bond acceptors (Lipinski definition) is 5. The molecule has 1 saturated heterocycles. The summed E-state index contributed by atoms with van der Waals surface area (Å²) in [4.78, 5) is 9.08. The Bertz CT molecular complexity index is 873. The second-order valence-corrected chi connectivity index (χ2v) is 6.29. The van der Waals surface area contributed by atoms with Gasteiger partial charge < -0.3 is 10.1 Å². The van der Waals surface area contributed by atoms with Crippen LogP contribution in [-0.4, -0.2) is 39.0 Å². The molecule has 24 heavy (non-hydrogen) atoms. The van der Waals surface area contributed by atoms with Crippen LogP contribution in [0.2, 0.25) is 5.02 Å². The van der Waals surface area contributed by atoms with Gasteiger partial charge in [-0.1, -0.05) is 23.7 Å². The number of ether oxygens (including phenoxy) is 1. The van der Waals surface area contributed by atoms with Crippen LogP contribution < -0.4 is 5.32 Å². The van der Waals surface area contributed by atoms with Gasteiger partial charge in [-0.25, -0.2) is 14.6 Å². The molecule has 1 aliphatic rings. The van der Waals surface area contributed by atoms with Crippen molar-refractivity contribution in [2.45, 2.75) is 25.9 Å². The summed E-state index contributed by atoms with van der Waals surface area (Å²) in [5.74, 6) is 1.47. The molecule has 6 nitrogen and oxygen atoms in total. The van der Waals surface area contributed by atoms with Gasteiger partial charge in [-0.05, 0) is 31.9 Å². The van der Waals surface area contributed by atoms with Crippen molar-refractivity contribution < 1.29 is 4.74 Å². The van der Waals surface area contributed by atoms with E-state index < -0.39 is 0 Å². The van der Waals surface area contributed by atoms with Gasteiger partial charge in [-0.2, -0.15) is 5.10 Å². The molecule has 1 N–H and O–H groups in total. The number of fused-ring (bicyclic) bond motifs is 1. The van der Waals surface area contributed by atoms with Crippen LogP contribution in [0.1, 0.15) is 18.7 Å². The van der Waals surface area contributed by atoms with E-state index in [9.17, 15) is 0 Å². The SMILES string of the molecule is Cc1nc(NCC2CCCO2)c2cnn(-c3ccccc3Cl)c2n1. The van der Waals surface area contributed by atoms with Crippen LogP contribution >= 0.6 is 11.6 Å². The summed E-state index contributed by atoms with van der Waals surface area (Å²) in [6.07, 6.45) is 4.22. The molecular weight excluding hydrogens is 326 g/mol. The summed E-state index contributed by atoms with van der Waals surface area (Å²) < 4.78 is 7.42. The fourth-order valence-electron chi connectivity index (χ4n) is 2.97. The number of halogens is 1. The van der Waals surface area contributed by atoms with Crippen LogP contribution in [-0.2, 0) is 4.74 Å². The molecule has 1 aromatic carbocycles. The fourth-order valence-corrected chi connectivity index (χ4v) is 3.18.